The van der Waals surface area contributed by atoms with Gasteiger partial charge in [0.15, 0.2) is 0 Å². The van der Waals surface area contributed by atoms with Crippen molar-refractivity contribution in [3.05, 3.63) is 0 Å². The Bertz CT molecular complexity index is 200. The molecule has 0 aromatic heterocycles. The molecule has 3 N–H and O–H groups in total. The van der Waals surface area contributed by atoms with Gasteiger partial charge in [0.1, 0.15) is 0 Å². The summed E-state index contributed by atoms with van der Waals surface area (Å²) in [6, 6.07) is 0.220. The zero-order valence-corrected chi connectivity index (χ0v) is 9.83. The smallest absolute Gasteiger partial charge is 0.221 e. The van der Waals surface area contributed by atoms with E-state index in [9.17, 15) is 4.79 Å². The molecule has 1 fully saturated rings. The first-order chi connectivity index (χ1) is 7.17. The molecule has 1 rings (SSSR count). The minimum atomic E-state index is 0.0871. The molecule has 4 nitrogen and oxygen atoms in total. The summed E-state index contributed by atoms with van der Waals surface area (Å²) in [7, 11) is 1.67. The molecule has 1 amide bonds. The monoisotopic (exact) mass is 213 g/mol. The molecule has 0 radical (unpaired) electrons. The molecule has 1 unspecified atom stereocenters. The second-order valence-corrected chi connectivity index (χ2v) is 4.49. The highest BCUT2D eigenvalue weighted by Gasteiger charge is 2.23. The summed E-state index contributed by atoms with van der Waals surface area (Å²) in [6.45, 7) is 5.02. The molecule has 88 valence electrons. The first-order valence-corrected chi connectivity index (χ1v) is 5.82. The van der Waals surface area contributed by atoms with Gasteiger partial charge in [-0.2, -0.15) is 0 Å². The van der Waals surface area contributed by atoms with Crippen molar-refractivity contribution in [1.82, 2.24) is 10.2 Å². The van der Waals surface area contributed by atoms with E-state index in [1.54, 1.807) is 7.05 Å². The predicted molar refractivity (Wildman–Crippen MR) is 61.5 cm³/mol. The van der Waals surface area contributed by atoms with Crippen LogP contribution in [0.4, 0.5) is 0 Å². The molecular weight excluding hydrogens is 190 g/mol. The van der Waals surface area contributed by atoms with E-state index in [-0.39, 0.29) is 11.9 Å². The number of hydrogen-bond donors (Lipinski definition) is 2. The summed E-state index contributed by atoms with van der Waals surface area (Å²) >= 11 is 0. The fourth-order valence-electron chi connectivity index (χ4n) is 2.07. The minimum Gasteiger partial charge on any atom is -0.359 e. The third-order valence-corrected chi connectivity index (χ3v) is 3.31. The van der Waals surface area contributed by atoms with Crippen molar-refractivity contribution in [2.45, 2.75) is 32.2 Å². The molecule has 4 heteroatoms. The van der Waals surface area contributed by atoms with Crippen molar-refractivity contribution in [2.75, 3.05) is 26.7 Å². The third kappa shape index (κ3) is 3.80. The van der Waals surface area contributed by atoms with Crippen LogP contribution in [0.3, 0.4) is 0 Å². The Hall–Kier alpha value is -0.610. The van der Waals surface area contributed by atoms with Gasteiger partial charge in [-0.05, 0) is 31.8 Å². The second kappa shape index (κ2) is 6.08. The van der Waals surface area contributed by atoms with Gasteiger partial charge in [0, 0.05) is 26.1 Å². The first kappa shape index (κ1) is 12.5. The quantitative estimate of drug-likeness (QED) is 0.700. The number of amides is 1. The number of piperidine rings is 1. The van der Waals surface area contributed by atoms with Crippen molar-refractivity contribution in [3.63, 3.8) is 0 Å². The fourth-order valence-corrected chi connectivity index (χ4v) is 2.07. The lowest BCUT2D eigenvalue weighted by atomic mass is 9.97. The zero-order valence-electron chi connectivity index (χ0n) is 9.83. The van der Waals surface area contributed by atoms with Gasteiger partial charge in [0.25, 0.3) is 0 Å². The van der Waals surface area contributed by atoms with Crippen LogP contribution in [-0.2, 0) is 4.79 Å². The Morgan fingerprint density at radius 3 is 2.60 bits per heavy atom. The van der Waals surface area contributed by atoms with Crippen LogP contribution in [0.1, 0.15) is 26.2 Å². The van der Waals surface area contributed by atoms with Crippen LogP contribution in [0.2, 0.25) is 0 Å². The van der Waals surface area contributed by atoms with Gasteiger partial charge in [-0.25, -0.2) is 0 Å². The minimum absolute atomic E-state index is 0.0871. The maximum absolute atomic E-state index is 11.3. The summed E-state index contributed by atoms with van der Waals surface area (Å²) in [6.07, 6.45) is 2.98. The van der Waals surface area contributed by atoms with E-state index < -0.39 is 0 Å². The molecule has 0 aromatic carbocycles. The lowest BCUT2D eigenvalue weighted by Gasteiger charge is -2.35. The summed E-state index contributed by atoms with van der Waals surface area (Å²) < 4.78 is 0. The molecule has 0 spiro atoms. The van der Waals surface area contributed by atoms with Crippen LogP contribution in [0, 0.1) is 5.92 Å². The standard InChI is InChI=1S/C11H23N3O/c1-9-3-5-14(6-4-9)10(8-12)7-11(15)13-2/h9-10H,3-8,12H2,1-2H3,(H,13,15). The molecular formula is C11H23N3O. The summed E-state index contributed by atoms with van der Waals surface area (Å²) in [4.78, 5) is 13.7. The largest absolute Gasteiger partial charge is 0.359 e. The lowest BCUT2D eigenvalue weighted by molar-refractivity contribution is -0.121. The van der Waals surface area contributed by atoms with E-state index in [0.29, 0.717) is 13.0 Å². The summed E-state index contributed by atoms with van der Waals surface area (Å²) in [5, 5.41) is 2.66. The molecule has 0 aromatic rings. The normalized spacial score (nSPS) is 21.3. The molecule has 0 aliphatic carbocycles. The van der Waals surface area contributed by atoms with E-state index in [1.807, 2.05) is 0 Å². The number of nitrogens with two attached hydrogens (primary N) is 1. The van der Waals surface area contributed by atoms with Gasteiger partial charge in [-0.3, -0.25) is 9.69 Å². The van der Waals surface area contributed by atoms with Crippen LogP contribution in [0.25, 0.3) is 0 Å². The summed E-state index contributed by atoms with van der Waals surface area (Å²) in [5.41, 5.74) is 5.72. The van der Waals surface area contributed by atoms with E-state index in [2.05, 4.69) is 17.1 Å². The van der Waals surface area contributed by atoms with Crippen molar-refractivity contribution in [1.29, 1.82) is 0 Å². The number of carbonyl (C=O) groups excluding carboxylic acids is 1. The number of nitrogens with zero attached hydrogens (tertiary/aromatic N) is 1. The number of hydrogen-bond acceptors (Lipinski definition) is 3. The molecule has 15 heavy (non-hydrogen) atoms. The van der Waals surface area contributed by atoms with Gasteiger partial charge in [0.05, 0.1) is 0 Å². The molecule has 1 atom stereocenters. The van der Waals surface area contributed by atoms with Crippen molar-refractivity contribution < 1.29 is 4.79 Å². The Morgan fingerprint density at radius 1 is 1.53 bits per heavy atom. The molecule has 1 heterocycles. The maximum Gasteiger partial charge on any atom is 0.221 e. The predicted octanol–water partition coefficient (Wildman–Crippen LogP) is 0.182. The third-order valence-electron chi connectivity index (χ3n) is 3.31. The van der Waals surface area contributed by atoms with Gasteiger partial charge >= 0.3 is 0 Å². The lowest BCUT2D eigenvalue weighted by Crippen LogP contribution is -2.46. The molecule has 1 aliphatic rings. The average Bonchev–Trinajstić information content (AvgIpc) is 2.27. The van der Waals surface area contributed by atoms with Crippen LogP contribution >= 0.6 is 0 Å². The maximum atomic E-state index is 11.3. The molecule has 1 aliphatic heterocycles. The SMILES string of the molecule is CNC(=O)CC(CN)N1CCC(C)CC1. The van der Waals surface area contributed by atoms with Crippen LogP contribution in [0.15, 0.2) is 0 Å². The van der Waals surface area contributed by atoms with E-state index in [1.165, 1.54) is 12.8 Å². The van der Waals surface area contributed by atoms with E-state index >= 15 is 0 Å². The highest BCUT2D eigenvalue weighted by Crippen LogP contribution is 2.18. The van der Waals surface area contributed by atoms with Crippen molar-refractivity contribution in [3.8, 4) is 0 Å². The average molecular weight is 213 g/mol. The Kier molecular flexibility index (Phi) is 5.05. The van der Waals surface area contributed by atoms with Crippen LogP contribution < -0.4 is 11.1 Å². The number of likely N-dealkylation sites (tertiary alicyclic amines) is 1. The van der Waals surface area contributed by atoms with E-state index in [4.69, 9.17) is 5.73 Å². The van der Waals surface area contributed by atoms with Crippen LogP contribution in [-0.4, -0.2) is 43.5 Å². The van der Waals surface area contributed by atoms with Crippen LogP contribution in [0.5, 0.6) is 0 Å². The highest BCUT2D eigenvalue weighted by atomic mass is 16.1. The van der Waals surface area contributed by atoms with Crippen molar-refractivity contribution in [2.24, 2.45) is 11.7 Å². The van der Waals surface area contributed by atoms with Gasteiger partial charge in [-0.15, -0.1) is 0 Å². The fraction of sp³-hybridized carbons (Fsp3) is 0.909. The molecule has 0 bridgehead atoms. The Balaban J connectivity index is 2.40. The Labute approximate surface area is 92.2 Å². The van der Waals surface area contributed by atoms with Gasteiger partial charge < -0.3 is 11.1 Å². The molecule has 1 saturated heterocycles. The number of carbonyl (C=O) groups is 1. The highest BCUT2D eigenvalue weighted by molar-refractivity contribution is 5.76. The Morgan fingerprint density at radius 2 is 2.13 bits per heavy atom. The molecule has 0 saturated carbocycles. The first-order valence-electron chi connectivity index (χ1n) is 5.82. The number of nitrogens with one attached hydrogen (secondary N) is 1. The summed E-state index contributed by atoms with van der Waals surface area (Å²) in [5.74, 6) is 0.906. The number of rotatable bonds is 4. The van der Waals surface area contributed by atoms with Gasteiger partial charge in [-0.1, -0.05) is 6.92 Å². The second-order valence-electron chi connectivity index (χ2n) is 4.49. The van der Waals surface area contributed by atoms with Gasteiger partial charge in [0.2, 0.25) is 5.91 Å². The zero-order chi connectivity index (χ0) is 11.3. The van der Waals surface area contributed by atoms with Crippen molar-refractivity contribution >= 4 is 5.91 Å². The van der Waals surface area contributed by atoms with E-state index in [0.717, 1.165) is 19.0 Å². The topological polar surface area (TPSA) is 58.4 Å².